The maximum atomic E-state index is 11.2. The summed E-state index contributed by atoms with van der Waals surface area (Å²) >= 11 is 0. The van der Waals surface area contributed by atoms with E-state index in [4.69, 9.17) is 5.73 Å². The standard InChI is InChI=1S/C11H14N4O/c1-11(10(12)16)8-15(14-13-11)7-9-5-3-2-4-6-9/h2-6H,7-8H2,1H3,(H2,12,16). The Morgan fingerprint density at radius 3 is 2.75 bits per heavy atom. The van der Waals surface area contributed by atoms with Crippen LogP contribution in [0.25, 0.3) is 0 Å². The highest BCUT2D eigenvalue weighted by atomic mass is 16.1. The van der Waals surface area contributed by atoms with E-state index in [1.54, 1.807) is 11.9 Å². The van der Waals surface area contributed by atoms with Crippen LogP contribution in [0, 0.1) is 0 Å². The Balaban J connectivity index is 2.01. The van der Waals surface area contributed by atoms with Crippen molar-refractivity contribution >= 4 is 5.91 Å². The molecule has 0 aliphatic carbocycles. The van der Waals surface area contributed by atoms with Crippen molar-refractivity contribution in [3.63, 3.8) is 0 Å². The van der Waals surface area contributed by atoms with Crippen LogP contribution >= 0.6 is 0 Å². The summed E-state index contributed by atoms with van der Waals surface area (Å²) in [4.78, 5) is 11.2. The zero-order valence-corrected chi connectivity index (χ0v) is 9.13. The van der Waals surface area contributed by atoms with E-state index in [9.17, 15) is 4.79 Å². The van der Waals surface area contributed by atoms with Gasteiger partial charge in [0, 0.05) is 0 Å². The predicted octanol–water partition coefficient (Wildman–Crippen LogP) is 1.11. The first-order valence-electron chi connectivity index (χ1n) is 5.12. The molecule has 5 nitrogen and oxygen atoms in total. The fourth-order valence-corrected chi connectivity index (χ4v) is 1.59. The topological polar surface area (TPSA) is 71.1 Å². The summed E-state index contributed by atoms with van der Waals surface area (Å²) in [7, 11) is 0. The van der Waals surface area contributed by atoms with Crippen LogP contribution in [0.5, 0.6) is 0 Å². The van der Waals surface area contributed by atoms with E-state index in [0.717, 1.165) is 5.56 Å². The summed E-state index contributed by atoms with van der Waals surface area (Å²) in [6.07, 6.45) is 0. The van der Waals surface area contributed by atoms with Crippen LogP contribution in [0.15, 0.2) is 40.7 Å². The molecule has 1 heterocycles. The fourth-order valence-electron chi connectivity index (χ4n) is 1.59. The molecule has 0 saturated heterocycles. The molecule has 0 spiro atoms. The first-order chi connectivity index (χ1) is 7.60. The van der Waals surface area contributed by atoms with E-state index in [2.05, 4.69) is 10.3 Å². The minimum absolute atomic E-state index is 0.438. The van der Waals surface area contributed by atoms with Crippen LogP contribution < -0.4 is 5.73 Å². The van der Waals surface area contributed by atoms with Crippen LogP contribution in [0.4, 0.5) is 0 Å². The number of rotatable bonds is 3. The van der Waals surface area contributed by atoms with Gasteiger partial charge in [-0.05, 0) is 12.5 Å². The SMILES string of the molecule is CC1(C(N)=O)CN(Cc2ccccc2)N=N1. The third-order valence-electron chi connectivity index (χ3n) is 2.62. The van der Waals surface area contributed by atoms with Crippen molar-refractivity contribution in [1.82, 2.24) is 5.01 Å². The van der Waals surface area contributed by atoms with E-state index in [0.29, 0.717) is 13.1 Å². The molecule has 2 N–H and O–H groups in total. The highest BCUT2D eigenvalue weighted by Crippen LogP contribution is 2.21. The van der Waals surface area contributed by atoms with Crippen LogP contribution in [-0.2, 0) is 11.3 Å². The number of benzene rings is 1. The Morgan fingerprint density at radius 1 is 1.50 bits per heavy atom. The molecule has 1 aliphatic heterocycles. The van der Waals surface area contributed by atoms with Crippen LogP contribution in [0.1, 0.15) is 12.5 Å². The second-order valence-corrected chi connectivity index (χ2v) is 4.14. The highest BCUT2D eigenvalue weighted by Gasteiger charge is 2.37. The fraction of sp³-hybridized carbons (Fsp3) is 0.364. The summed E-state index contributed by atoms with van der Waals surface area (Å²) in [6.45, 7) is 2.79. The smallest absolute Gasteiger partial charge is 0.248 e. The van der Waals surface area contributed by atoms with Gasteiger partial charge in [0.25, 0.3) is 0 Å². The lowest BCUT2D eigenvalue weighted by atomic mass is 10.0. The van der Waals surface area contributed by atoms with E-state index >= 15 is 0 Å². The summed E-state index contributed by atoms with van der Waals surface area (Å²) in [5.74, 6) is -0.438. The van der Waals surface area contributed by atoms with E-state index in [1.165, 1.54) is 0 Å². The van der Waals surface area contributed by atoms with Gasteiger partial charge in [0.2, 0.25) is 5.91 Å². The Morgan fingerprint density at radius 2 is 2.19 bits per heavy atom. The number of carbonyl (C=O) groups excluding carboxylic acids is 1. The molecule has 1 aromatic carbocycles. The quantitative estimate of drug-likeness (QED) is 0.825. The van der Waals surface area contributed by atoms with Crippen molar-refractivity contribution in [2.75, 3.05) is 6.54 Å². The average Bonchev–Trinajstić information content (AvgIpc) is 2.63. The lowest BCUT2D eigenvalue weighted by Crippen LogP contribution is -2.43. The summed E-state index contributed by atoms with van der Waals surface area (Å²) in [5.41, 5.74) is 5.52. The van der Waals surface area contributed by atoms with Crippen LogP contribution in [0.2, 0.25) is 0 Å². The number of amides is 1. The number of hydrogen-bond donors (Lipinski definition) is 1. The lowest BCUT2D eigenvalue weighted by Gasteiger charge is -2.17. The molecule has 16 heavy (non-hydrogen) atoms. The molecular formula is C11H14N4O. The molecule has 0 radical (unpaired) electrons. The van der Waals surface area contributed by atoms with Crippen molar-refractivity contribution in [2.24, 2.45) is 16.1 Å². The molecule has 0 aromatic heterocycles. The van der Waals surface area contributed by atoms with Crippen molar-refractivity contribution in [1.29, 1.82) is 0 Å². The third-order valence-corrected chi connectivity index (χ3v) is 2.62. The van der Waals surface area contributed by atoms with Gasteiger partial charge in [-0.25, -0.2) is 0 Å². The number of nitrogens with two attached hydrogens (primary N) is 1. The van der Waals surface area contributed by atoms with Gasteiger partial charge in [0.1, 0.15) is 0 Å². The van der Waals surface area contributed by atoms with Gasteiger partial charge in [-0.1, -0.05) is 35.6 Å². The molecule has 0 saturated carbocycles. The van der Waals surface area contributed by atoms with Gasteiger partial charge in [-0.3, -0.25) is 9.80 Å². The number of carbonyl (C=O) groups is 1. The van der Waals surface area contributed by atoms with Gasteiger partial charge < -0.3 is 5.73 Å². The van der Waals surface area contributed by atoms with Crippen molar-refractivity contribution in [3.8, 4) is 0 Å². The van der Waals surface area contributed by atoms with Crippen LogP contribution in [-0.4, -0.2) is 23.0 Å². The van der Waals surface area contributed by atoms with Crippen molar-refractivity contribution in [3.05, 3.63) is 35.9 Å². The summed E-state index contributed by atoms with van der Waals surface area (Å²) in [5, 5.41) is 9.63. The number of nitrogens with zero attached hydrogens (tertiary/aromatic N) is 3. The minimum atomic E-state index is -0.880. The Bertz CT molecular complexity index is 417. The number of primary amides is 1. The molecule has 1 amide bonds. The van der Waals surface area contributed by atoms with E-state index in [-0.39, 0.29) is 0 Å². The molecule has 5 heteroatoms. The van der Waals surface area contributed by atoms with Gasteiger partial charge in [0.15, 0.2) is 5.54 Å². The molecule has 1 aliphatic rings. The Hall–Kier alpha value is -1.91. The highest BCUT2D eigenvalue weighted by molar-refractivity contribution is 5.84. The third kappa shape index (κ3) is 2.03. The monoisotopic (exact) mass is 218 g/mol. The molecule has 1 aromatic rings. The van der Waals surface area contributed by atoms with Gasteiger partial charge in [-0.2, -0.15) is 5.11 Å². The predicted molar refractivity (Wildman–Crippen MR) is 59.3 cm³/mol. The molecule has 1 unspecified atom stereocenters. The second kappa shape index (κ2) is 3.92. The van der Waals surface area contributed by atoms with E-state index in [1.807, 2.05) is 30.3 Å². The molecule has 84 valence electrons. The lowest BCUT2D eigenvalue weighted by molar-refractivity contribution is -0.122. The zero-order chi connectivity index (χ0) is 11.6. The van der Waals surface area contributed by atoms with Gasteiger partial charge in [0.05, 0.1) is 13.1 Å². The Labute approximate surface area is 93.9 Å². The normalized spacial score (nSPS) is 23.7. The van der Waals surface area contributed by atoms with Gasteiger partial charge >= 0.3 is 0 Å². The average molecular weight is 218 g/mol. The Kier molecular flexibility index (Phi) is 2.60. The molecular weight excluding hydrogens is 204 g/mol. The minimum Gasteiger partial charge on any atom is -0.367 e. The van der Waals surface area contributed by atoms with Gasteiger partial charge in [-0.15, -0.1) is 0 Å². The first-order valence-corrected chi connectivity index (χ1v) is 5.12. The largest absolute Gasteiger partial charge is 0.367 e. The molecule has 0 fully saturated rings. The maximum Gasteiger partial charge on any atom is 0.248 e. The number of hydrogen-bond acceptors (Lipinski definition) is 4. The molecule has 1 atom stereocenters. The van der Waals surface area contributed by atoms with Crippen LogP contribution in [0.3, 0.4) is 0 Å². The first kappa shape index (κ1) is 10.6. The zero-order valence-electron chi connectivity index (χ0n) is 9.13. The van der Waals surface area contributed by atoms with Crippen molar-refractivity contribution < 1.29 is 4.79 Å². The maximum absolute atomic E-state index is 11.2. The summed E-state index contributed by atoms with van der Waals surface area (Å²) < 4.78 is 0. The molecule has 0 bridgehead atoms. The summed E-state index contributed by atoms with van der Waals surface area (Å²) in [6, 6.07) is 9.92. The van der Waals surface area contributed by atoms with E-state index < -0.39 is 11.4 Å². The second-order valence-electron chi connectivity index (χ2n) is 4.14. The van der Waals surface area contributed by atoms with Crippen molar-refractivity contribution in [2.45, 2.75) is 19.0 Å². The molecule has 2 rings (SSSR count).